The highest BCUT2D eigenvalue weighted by Gasteiger charge is 2.21. The highest BCUT2D eigenvalue weighted by molar-refractivity contribution is 14.0. The molecule has 4 nitrogen and oxygen atoms in total. The normalized spacial score (nSPS) is 13.9. The second-order valence-corrected chi connectivity index (χ2v) is 5.85. The molecule has 5 heteroatoms. The maximum absolute atomic E-state index is 5.82. The molecule has 2 aromatic rings. The van der Waals surface area contributed by atoms with Crippen molar-refractivity contribution >= 4 is 29.9 Å². The third-order valence-electron chi connectivity index (χ3n) is 3.78. The molecule has 1 aliphatic carbocycles. The van der Waals surface area contributed by atoms with Crippen LogP contribution in [-0.4, -0.2) is 18.5 Å². The second-order valence-electron chi connectivity index (χ2n) is 5.85. The van der Waals surface area contributed by atoms with E-state index in [0.29, 0.717) is 25.2 Å². The number of hydrogen-bond donors (Lipinski definition) is 2. The molecule has 0 aliphatic heterocycles. The number of nitrogens with two attached hydrogens (primary N) is 1. The number of hydrogen-bond acceptors (Lipinski definition) is 2. The lowest BCUT2D eigenvalue weighted by molar-refractivity contribution is 0.306. The second kappa shape index (κ2) is 9.52. The Morgan fingerprint density at radius 2 is 1.75 bits per heavy atom. The summed E-state index contributed by atoms with van der Waals surface area (Å²) in [5.74, 6) is 1.45. The van der Waals surface area contributed by atoms with Crippen LogP contribution in [0.15, 0.2) is 59.6 Å². The van der Waals surface area contributed by atoms with Crippen LogP contribution < -0.4 is 15.8 Å². The van der Waals surface area contributed by atoms with E-state index in [0.717, 1.165) is 12.2 Å². The Bertz CT molecular complexity index is 639. The van der Waals surface area contributed by atoms with Gasteiger partial charge in [0.2, 0.25) is 0 Å². The molecule has 3 rings (SSSR count). The number of guanidine groups is 1. The molecule has 0 bridgehead atoms. The summed E-state index contributed by atoms with van der Waals surface area (Å²) in [5.41, 5.74) is 8.22. The van der Waals surface area contributed by atoms with Crippen LogP contribution in [0.4, 0.5) is 0 Å². The van der Waals surface area contributed by atoms with Gasteiger partial charge in [0, 0.05) is 12.6 Å². The molecule has 0 aromatic heterocycles. The summed E-state index contributed by atoms with van der Waals surface area (Å²) in [6, 6.07) is 18.9. The van der Waals surface area contributed by atoms with Gasteiger partial charge < -0.3 is 15.8 Å². The van der Waals surface area contributed by atoms with Crippen LogP contribution in [0.2, 0.25) is 0 Å². The van der Waals surface area contributed by atoms with E-state index in [-0.39, 0.29) is 24.0 Å². The zero-order valence-corrected chi connectivity index (χ0v) is 16.0. The van der Waals surface area contributed by atoms with Crippen molar-refractivity contribution in [2.75, 3.05) is 6.54 Å². The van der Waals surface area contributed by atoms with Crippen LogP contribution in [-0.2, 0) is 13.0 Å². The molecule has 128 valence electrons. The summed E-state index contributed by atoms with van der Waals surface area (Å²) in [6.07, 6.45) is 3.30. The van der Waals surface area contributed by atoms with Crippen molar-refractivity contribution in [3.05, 3.63) is 65.7 Å². The zero-order chi connectivity index (χ0) is 15.9. The minimum atomic E-state index is 0. The molecule has 1 aliphatic rings. The van der Waals surface area contributed by atoms with Crippen molar-refractivity contribution < 1.29 is 4.74 Å². The summed E-state index contributed by atoms with van der Waals surface area (Å²) >= 11 is 0. The predicted octanol–water partition coefficient (Wildman–Crippen LogP) is 3.49. The number of aliphatic imine (C=N–C) groups is 1. The van der Waals surface area contributed by atoms with Gasteiger partial charge in [-0.15, -0.1) is 24.0 Å². The summed E-state index contributed by atoms with van der Waals surface area (Å²) in [7, 11) is 0. The van der Waals surface area contributed by atoms with Crippen molar-refractivity contribution in [1.29, 1.82) is 0 Å². The van der Waals surface area contributed by atoms with E-state index in [2.05, 4.69) is 34.6 Å². The van der Waals surface area contributed by atoms with E-state index in [1.54, 1.807) is 0 Å². The fraction of sp³-hybridized carbons (Fsp3) is 0.316. The number of halogens is 1. The molecule has 24 heavy (non-hydrogen) atoms. The van der Waals surface area contributed by atoms with E-state index in [4.69, 9.17) is 10.5 Å². The highest BCUT2D eigenvalue weighted by atomic mass is 127. The van der Waals surface area contributed by atoms with Gasteiger partial charge >= 0.3 is 0 Å². The van der Waals surface area contributed by atoms with E-state index in [1.807, 2.05) is 30.3 Å². The first kappa shape index (κ1) is 18.6. The highest BCUT2D eigenvalue weighted by Crippen LogP contribution is 2.18. The Kier molecular flexibility index (Phi) is 7.36. The summed E-state index contributed by atoms with van der Waals surface area (Å²) < 4.78 is 5.78. The lowest BCUT2D eigenvalue weighted by atomic mass is 10.1. The molecular weight excluding hydrogens is 413 g/mol. The first-order valence-corrected chi connectivity index (χ1v) is 8.12. The molecule has 0 spiro atoms. The Balaban J connectivity index is 0.00000208. The SMILES string of the molecule is I.NC(=NCCc1ccc(OCc2ccccc2)cc1)NC1CC1. The maximum atomic E-state index is 5.82. The van der Waals surface area contributed by atoms with Crippen LogP contribution in [0.1, 0.15) is 24.0 Å². The van der Waals surface area contributed by atoms with Crippen LogP contribution in [0.5, 0.6) is 5.75 Å². The zero-order valence-electron chi connectivity index (χ0n) is 13.7. The number of nitrogens with one attached hydrogen (secondary N) is 1. The van der Waals surface area contributed by atoms with Gasteiger partial charge in [-0.1, -0.05) is 42.5 Å². The summed E-state index contributed by atoms with van der Waals surface area (Å²) in [4.78, 5) is 4.35. The topological polar surface area (TPSA) is 59.6 Å². The minimum Gasteiger partial charge on any atom is -0.489 e. The quantitative estimate of drug-likeness (QED) is 0.396. The lowest BCUT2D eigenvalue weighted by Crippen LogP contribution is -2.33. The van der Waals surface area contributed by atoms with Gasteiger partial charge in [0.25, 0.3) is 0 Å². The largest absolute Gasteiger partial charge is 0.489 e. The number of ether oxygens (including phenoxy) is 1. The molecule has 0 unspecified atom stereocenters. The van der Waals surface area contributed by atoms with E-state index in [1.165, 1.54) is 24.0 Å². The fourth-order valence-electron chi connectivity index (χ4n) is 2.28. The standard InChI is InChI=1S/C19H23N3O.HI/c20-19(22-17-8-9-17)21-13-12-15-6-10-18(11-7-15)23-14-16-4-2-1-3-5-16;/h1-7,10-11,17H,8-9,12-14H2,(H3,20,21,22);1H. The van der Waals surface area contributed by atoms with Gasteiger partial charge in [0.15, 0.2) is 5.96 Å². The van der Waals surface area contributed by atoms with Crippen molar-refractivity contribution in [3.8, 4) is 5.75 Å². The average Bonchev–Trinajstić information content (AvgIpc) is 3.39. The van der Waals surface area contributed by atoms with Gasteiger partial charge in [-0.2, -0.15) is 0 Å². The average molecular weight is 437 g/mol. The molecule has 0 atom stereocenters. The summed E-state index contributed by atoms with van der Waals surface area (Å²) in [6.45, 7) is 1.30. The molecule has 0 saturated heterocycles. The fourth-order valence-corrected chi connectivity index (χ4v) is 2.28. The van der Waals surface area contributed by atoms with Gasteiger partial charge in [0.05, 0.1) is 0 Å². The maximum Gasteiger partial charge on any atom is 0.188 e. The van der Waals surface area contributed by atoms with Crippen LogP contribution in [0, 0.1) is 0 Å². The van der Waals surface area contributed by atoms with Gasteiger partial charge in [-0.3, -0.25) is 4.99 Å². The first-order chi connectivity index (χ1) is 11.3. The monoisotopic (exact) mass is 437 g/mol. The van der Waals surface area contributed by atoms with Gasteiger partial charge in [-0.05, 0) is 42.5 Å². The molecule has 1 fully saturated rings. The third-order valence-corrected chi connectivity index (χ3v) is 3.78. The number of rotatable bonds is 7. The smallest absolute Gasteiger partial charge is 0.188 e. The minimum absolute atomic E-state index is 0. The van der Waals surface area contributed by atoms with Gasteiger partial charge in [0.1, 0.15) is 12.4 Å². The molecule has 0 amide bonds. The van der Waals surface area contributed by atoms with Crippen molar-refractivity contribution in [1.82, 2.24) is 5.32 Å². The Morgan fingerprint density at radius 1 is 1.04 bits per heavy atom. The Hall–Kier alpha value is -1.76. The van der Waals surface area contributed by atoms with Crippen molar-refractivity contribution in [2.24, 2.45) is 10.7 Å². The third kappa shape index (κ3) is 6.39. The molecule has 2 aromatic carbocycles. The van der Waals surface area contributed by atoms with Crippen molar-refractivity contribution in [3.63, 3.8) is 0 Å². The van der Waals surface area contributed by atoms with E-state index < -0.39 is 0 Å². The van der Waals surface area contributed by atoms with Crippen LogP contribution in [0.25, 0.3) is 0 Å². The summed E-state index contributed by atoms with van der Waals surface area (Å²) in [5, 5.41) is 3.19. The van der Waals surface area contributed by atoms with Gasteiger partial charge in [-0.25, -0.2) is 0 Å². The first-order valence-electron chi connectivity index (χ1n) is 8.12. The number of benzene rings is 2. The number of nitrogens with zero attached hydrogens (tertiary/aromatic N) is 1. The van der Waals surface area contributed by atoms with Crippen LogP contribution in [0.3, 0.4) is 0 Å². The van der Waals surface area contributed by atoms with E-state index in [9.17, 15) is 0 Å². The van der Waals surface area contributed by atoms with E-state index >= 15 is 0 Å². The molecular formula is C19H24IN3O. The van der Waals surface area contributed by atoms with Crippen LogP contribution >= 0.6 is 24.0 Å². The Labute approximate surface area is 160 Å². The molecule has 0 heterocycles. The molecule has 1 saturated carbocycles. The molecule has 3 N–H and O–H groups in total. The molecule has 0 radical (unpaired) electrons. The lowest BCUT2D eigenvalue weighted by Gasteiger charge is -2.07. The Morgan fingerprint density at radius 3 is 2.42 bits per heavy atom. The predicted molar refractivity (Wildman–Crippen MR) is 109 cm³/mol. The van der Waals surface area contributed by atoms with Crippen molar-refractivity contribution in [2.45, 2.75) is 31.9 Å².